The van der Waals surface area contributed by atoms with Gasteiger partial charge < -0.3 is 15.0 Å². The maximum Gasteiger partial charge on any atom is 0.264 e. The number of nitrogens with zero attached hydrogens (tertiary/aromatic N) is 2. The third-order valence-corrected chi connectivity index (χ3v) is 9.28. The van der Waals surface area contributed by atoms with Gasteiger partial charge in [-0.15, -0.1) is 0 Å². The summed E-state index contributed by atoms with van der Waals surface area (Å²) < 4.78 is 49.7. The second-order valence-corrected chi connectivity index (χ2v) is 12.8. The molecule has 0 aliphatic heterocycles. The third-order valence-electron chi connectivity index (χ3n) is 7.24. The highest BCUT2D eigenvalue weighted by molar-refractivity contribution is 7.92. The first-order valence-electron chi connectivity index (χ1n) is 15.0. The van der Waals surface area contributed by atoms with E-state index in [1.165, 1.54) is 47.4 Å². The molecule has 2 amide bonds. The number of hydrogen-bond donors (Lipinski definition) is 1. The van der Waals surface area contributed by atoms with Crippen LogP contribution >= 0.6 is 11.6 Å². The van der Waals surface area contributed by atoms with E-state index in [2.05, 4.69) is 5.32 Å². The van der Waals surface area contributed by atoms with Gasteiger partial charge in [0.05, 0.1) is 17.2 Å². The number of halogens is 2. The van der Waals surface area contributed by atoms with Crippen LogP contribution in [-0.2, 0) is 32.6 Å². The molecule has 8 nitrogen and oxygen atoms in total. The van der Waals surface area contributed by atoms with Crippen LogP contribution in [0.15, 0.2) is 108 Å². The normalized spacial score (nSPS) is 11.8. The van der Waals surface area contributed by atoms with E-state index in [1.807, 2.05) is 44.2 Å². The summed E-state index contributed by atoms with van der Waals surface area (Å²) in [5.41, 5.74) is 1.17. The number of carbonyl (C=O) groups is 2. The van der Waals surface area contributed by atoms with E-state index in [0.29, 0.717) is 30.3 Å². The SMILES string of the molecule is CCCNC(=O)[C@@H](Cc1ccccc1)N(Cc1ccccc1F)C(=O)CN(c1ccc(OCC)cc1)S(=O)(=O)c1ccc(Cl)cc1. The average Bonchev–Trinajstić information content (AvgIpc) is 3.06. The fraction of sp³-hybridized carbons (Fsp3) is 0.257. The van der Waals surface area contributed by atoms with E-state index in [9.17, 15) is 18.0 Å². The Balaban J connectivity index is 1.80. The molecular weight excluding hydrogens is 629 g/mol. The minimum Gasteiger partial charge on any atom is -0.494 e. The lowest BCUT2D eigenvalue weighted by Crippen LogP contribution is -2.53. The van der Waals surface area contributed by atoms with Crippen molar-refractivity contribution in [2.75, 3.05) is 24.0 Å². The lowest BCUT2D eigenvalue weighted by molar-refractivity contribution is -0.140. The maximum absolute atomic E-state index is 15.0. The van der Waals surface area contributed by atoms with E-state index < -0.39 is 40.2 Å². The molecule has 0 bridgehead atoms. The molecule has 0 heterocycles. The predicted octanol–water partition coefficient (Wildman–Crippen LogP) is 6.24. The number of rotatable bonds is 15. The predicted molar refractivity (Wildman–Crippen MR) is 178 cm³/mol. The monoisotopic (exact) mass is 665 g/mol. The Bertz CT molecular complexity index is 1700. The molecular formula is C35H37ClFN3O5S. The lowest BCUT2D eigenvalue weighted by atomic mass is 10.0. The van der Waals surface area contributed by atoms with Gasteiger partial charge in [0.2, 0.25) is 11.8 Å². The van der Waals surface area contributed by atoms with E-state index in [-0.39, 0.29) is 29.1 Å². The molecule has 0 aliphatic carbocycles. The molecule has 4 aromatic rings. The summed E-state index contributed by atoms with van der Waals surface area (Å²) in [4.78, 5) is 29.3. The Morgan fingerprint density at radius 1 is 0.891 bits per heavy atom. The number of sulfonamides is 1. The summed E-state index contributed by atoms with van der Waals surface area (Å²) in [5, 5.41) is 3.22. The first-order chi connectivity index (χ1) is 22.1. The van der Waals surface area contributed by atoms with Crippen molar-refractivity contribution in [3.8, 4) is 5.75 Å². The van der Waals surface area contributed by atoms with Crippen LogP contribution in [0.25, 0.3) is 0 Å². The van der Waals surface area contributed by atoms with Crippen LogP contribution in [0.2, 0.25) is 5.02 Å². The Hall–Kier alpha value is -4.41. The molecule has 0 radical (unpaired) electrons. The second kappa shape index (κ2) is 16.2. The van der Waals surface area contributed by atoms with Gasteiger partial charge in [-0.2, -0.15) is 0 Å². The number of carbonyl (C=O) groups excluding carboxylic acids is 2. The Morgan fingerprint density at radius 3 is 2.17 bits per heavy atom. The van der Waals surface area contributed by atoms with Gasteiger partial charge in [-0.1, -0.05) is 67.1 Å². The number of hydrogen-bond acceptors (Lipinski definition) is 5. The fourth-order valence-corrected chi connectivity index (χ4v) is 6.41. The quantitative estimate of drug-likeness (QED) is 0.162. The number of amides is 2. The summed E-state index contributed by atoms with van der Waals surface area (Å²) in [6, 6.07) is 26.0. The summed E-state index contributed by atoms with van der Waals surface area (Å²) in [5.74, 6) is -1.14. The van der Waals surface area contributed by atoms with Crippen molar-refractivity contribution in [2.45, 2.75) is 44.2 Å². The van der Waals surface area contributed by atoms with E-state index in [1.54, 1.807) is 30.3 Å². The molecule has 4 rings (SSSR count). The number of nitrogens with one attached hydrogen (secondary N) is 1. The van der Waals surface area contributed by atoms with Gasteiger partial charge in [0.15, 0.2) is 0 Å². The number of ether oxygens (including phenoxy) is 1. The summed E-state index contributed by atoms with van der Waals surface area (Å²) >= 11 is 6.04. The molecule has 0 aromatic heterocycles. The summed E-state index contributed by atoms with van der Waals surface area (Å²) in [7, 11) is -4.31. The van der Waals surface area contributed by atoms with Crippen LogP contribution in [-0.4, -0.2) is 50.9 Å². The van der Waals surface area contributed by atoms with Gasteiger partial charge >= 0.3 is 0 Å². The highest BCUT2D eigenvalue weighted by Gasteiger charge is 2.35. The van der Waals surface area contributed by atoms with Gasteiger partial charge in [0, 0.05) is 30.1 Å². The lowest BCUT2D eigenvalue weighted by Gasteiger charge is -2.34. The number of anilines is 1. The molecule has 1 atom stereocenters. The van der Waals surface area contributed by atoms with E-state index in [4.69, 9.17) is 16.3 Å². The second-order valence-electron chi connectivity index (χ2n) is 10.5. The van der Waals surface area contributed by atoms with Gasteiger partial charge in [0.25, 0.3) is 10.0 Å². The standard InChI is InChI=1S/C35H37ClFN3O5S/c1-3-22-38-35(42)33(23-26-10-6-5-7-11-26)39(24-27-12-8-9-13-32(27)37)34(41)25-40(29-16-18-30(19-17-29)45-4-2)46(43,44)31-20-14-28(36)15-21-31/h5-21,33H,3-4,22-25H2,1-2H3,(H,38,42)/t33-/m1/s1. The topological polar surface area (TPSA) is 96.0 Å². The van der Waals surface area contributed by atoms with Crippen LogP contribution in [0.4, 0.5) is 10.1 Å². The average molecular weight is 666 g/mol. The molecule has 242 valence electrons. The van der Waals surface area contributed by atoms with Gasteiger partial charge in [-0.25, -0.2) is 12.8 Å². The van der Waals surface area contributed by atoms with Gasteiger partial charge in [-0.05, 0) is 73.5 Å². The third kappa shape index (κ3) is 8.86. The van der Waals surface area contributed by atoms with Gasteiger partial charge in [-0.3, -0.25) is 13.9 Å². The molecule has 1 N–H and O–H groups in total. The minimum absolute atomic E-state index is 0.0826. The van der Waals surface area contributed by atoms with Gasteiger partial charge in [0.1, 0.15) is 24.2 Å². The Morgan fingerprint density at radius 2 is 1.54 bits per heavy atom. The highest BCUT2D eigenvalue weighted by atomic mass is 35.5. The van der Waals surface area contributed by atoms with Crippen molar-refractivity contribution >= 4 is 39.1 Å². The molecule has 0 unspecified atom stereocenters. The molecule has 0 saturated carbocycles. The van der Waals surface area contributed by atoms with Crippen molar-refractivity contribution in [1.82, 2.24) is 10.2 Å². The highest BCUT2D eigenvalue weighted by Crippen LogP contribution is 2.28. The van der Waals surface area contributed by atoms with Crippen molar-refractivity contribution in [1.29, 1.82) is 0 Å². The molecule has 0 saturated heterocycles. The fourth-order valence-electron chi connectivity index (χ4n) is 4.87. The largest absolute Gasteiger partial charge is 0.494 e. The van der Waals surface area contributed by atoms with Crippen LogP contribution in [0.5, 0.6) is 5.75 Å². The first kappa shape index (κ1) is 34.5. The zero-order valence-electron chi connectivity index (χ0n) is 25.7. The zero-order valence-corrected chi connectivity index (χ0v) is 27.3. The molecule has 0 fully saturated rings. The van der Waals surface area contributed by atoms with Crippen LogP contribution in [0, 0.1) is 5.82 Å². The summed E-state index contributed by atoms with van der Waals surface area (Å²) in [6.45, 7) is 3.59. The molecule has 0 spiro atoms. The van der Waals surface area contributed by atoms with E-state index in [0.717, 1.165) is 9.87 Å². The van der Waals surface area contributed by atoms with Crippen molar-refractivity contribution in [3.05, 3.63) is 125 Å². The van der Waals surface area contributed by atoms with Crippen LogP contribution < -0.4 is 14.4 Å². The molecule has 46 heavy (non-hydrogen) atoms. The van der Waals surface area contributed by atoms with E-state index >= 15 is 4.39 Å². The molecule has 11 heteroatoms. The Labute approximate surface area is 274 Å². The Kier molecular flexibility index (Phi) is 12.2. The maximum atomic E-state index is 15.0. The van der Waals surface area contributed by atoms with Crippen molar-refractivity contribution in [2.24, 2.45) is 0 Å². The smallest absolute Gasteiger partial charge is 0.264 e. The summed E-state index contributed by atoms with van der Waals surface area (Å²) in [6.07, 6.45) is 0.791. The van der Waals surface area contributed by atoms with Crippen LogP contribution in [0.3, 0.4) is 0 Å². The molecule has 4 aromatic carbocycles. The zero-order chi connectivity index (χ0) is 33.1. The minimum atomic E-state index is -4.31. The number of benzene rings is 4. The van der Waals surface area contributed by atoms with Crippen molar-refractivity contribution < 1.29 is 27.1 Å². The van der Waals surface area contributed by atoms with Crippen LogP contribution in [0.1, 0.15) is 31.4 Å². The molecule has 0 aliphatic rings. The van der Waals surface area contributed by atoms with Crippen molar-refractivity contribution in [3.63, 3.8) is 0 Å². The first-order valence-corrected chi connectivity index (χ1v) is 16.8.